The molecule has 1 heterocycles. The highest BCUT2D eigenvalue weighted by molar-refractivity contribution is 7.89. The topological polar surface area (TPSA) is 113 Å². The van der Waals surface area contributed by atoms with Crippen molar-refractivity contribution >= 4 is 15.9 Å². The van der Waals surface area contributed by atoms with Gasteiger partial charge in [-0.1, -0.05) is 17.3 Å². The molecule has 1 amide bonds. The van der Waals surface area contributed by atoms with Crippen molar-refractivity contribution in [1.82, 2.24) is 9.88 Å². The lowest BCUT2D eigenvalue weighted by Crippen LogP contribution is -2.33. The first-order valence-corrected chi connectivity index (χ1v) is 8.40. The van der Waals surface area contributed by atoms with E-state index in [2.05, 4.69) is 5.16 Å². The van der Waals surface area contributed by atoms with Crippen LogP contribution in [0.4, 0.5) is 0 Å². The fourth-order valence-corrected chi connectivity index (χ4v) is 3.18. The Labute approximate surface area is 134 Å². The first kappa shape index (κ1) is 16.7. The molecule has 120 valence electrons. The predicted molar refractivity (Wildman–Crippen MR) is 81.6 cm³/mol. The van der Waals surface area contributed by atoms with Crippen LogP contribution in [0.15, 0.2) is 28.8 Å². The average Bonchev–Trinajstić information content (AvgIpc) is 2.79. The van der Waals surface area contributed by atoms with Crippen LogP contribution in [0, 0.1) is 25.2 Å². The van der Waals surface area contributed by atoms with E-state index in [1.165, 1.54) is 24.3 Å². The van der Waals surface area contributed by atoms with Crippen LogP contribution < -0.4 is 4.72 Å². The zero-order valence-electron chi connectivity index (χ0n) is 12.7. The van der Waals surface area contributed by atoms with Crippen molar-refractivity contribution in [3.63, 3.8) is 0 Å². The van der Waals surface area contributed by atoms with E-state index in [1.807, 2.05) is 10.8 Å². The number of nitrogens with one attached hydrogen (secondary N) is 1. The van der Waals surface area contributed by atoms with E-state index in [-0.39, 0.29) is 12.2 Å². The smallest absolute Gasteiger partial charge is 0.239 e. The molecule has 1 aromatic carbocycles. The summed E-state index contributed by atoms with van der Waals surface area (Å²) < 4.78 is 31.0. The molecule has 0 saturated carbocycles. The Bertz CT molecular complexity index is 842. The van der Waals surface area contributed by atoms with Gasteiger partial charge < -0.3 is 4.52 Å². The van der Waals surface area contributed by atoms with Gasteiger partial charge in [-0.3, -0.25) is 9.52 Å². The molecule has 2 aromatic rings. The molecule has 1 N–H and O–H groups in total. The number of carbonyl (C=O) groups is 1. The van der Waals surface area contributed by atoms with Gasteiger partial charge in [0.2, 0.25) is 15.9 Å². The number of sulfonamides is 1. The number of aromatic nitrogens is 1. The van der Waals surface area contributed by atoms with Crippen molar-refractivity contribution < 1.29 is 17.7 Å². The summed E-state index contributed by atoms with van der Waals surface area (Å²) in [5.41, 5.74) is 2.06. The summed E-state index contributed by atoms with van der Waals surface area (Å²) in [6.07, 6.45) is -0.117. The zero-order valence-corrected chi connectivity index (χ0v) is 13.5. The molecule has 0 fully saturated rings. The molecule has 8 heteroatoms. The summed E-state index contributed by atoms with van der Waals surface area (Å²) in [7, 11) is -3.82. The molecule has 0 aliphatic carbocycles. The minimum Gasteiger partial charge on any atom is -0.361 e. The fourth-order valence-electron chi connectivity index (χ4n) is 2.06. The number of carbonyl (C=O) groups excluding carboxylic acids is 1. The van der Waals surface area contributed by atoms with Crippen LogP contribution in [-0.4, -0.2) is 19.5 Å². The molecule has 0 spiro atoms. The maximum absolute atomic E-state index is 12.0. The summed E-state index contributed by atoms with van der Waals surface area (Å²) in [6.45, 7) is 3.35. The summed E-state index contributed by atoms with van der Waals surface area (Å²) in [6, 6.07) is 8.08. The Morgan fingerprint density at radius 3 is 2.48 bits per heavy atom. The average molecular weight is 333 g/mol. The molecule has 1 aromatic heterocycles. The maximum Gasteiger partial charge on any atom is 0.239 e. The third kappa shape index (κ3) is 4.40. The van der Waals surface area contributed by atoms with Crippen molar-refractivity contribution in [1.29, 1.82) is 5.26 Å². The van der Waals surface area contributed by atoms with Crippen molar-refractivity contribution in [3.8, 4) is 6.07 Å². The molecule has 0 unspecified atom stereocenters. The van der Waals surface area contributed by atoms with E-state index in [1.54, 1.807) is 13.8 Å². The lowest BCUT2D eigenvalue weighted by atomic mass is 10.1. The van der Waals surface area contributed by atoms with E-state index in [0.29, 0.717) is 28.1 Å². The Hall–Kier alpha value is -2.66. The van der Waals surface area contributed by atoms with Gasteiger partial charge in [0.25, 0.3) is 0 Å². The van der Waals surface area contributed by atoms with E-state index in [9.17, 15) is 13.2 Å². The summed E-state index contributed by atoms with van der Waals surface area (Å²) in [5.74, 6) is -0.498. The lowest BCUT2D eigenvalue weighted by Gasteiger charge is -2.07. The van der Waals surface area contributed by atoms with Gasteiger partial charge in [0.05, 0.1) is 29.5 Å². The van der Waals surface area contributed by atoms with Crippen LogP contribution in [0.2, 0.25) is 0 Å². The fraction of sp³-hybridized carbons (Fsp3) is 0.267. The molecule has 0 radical (unpaired) electrons. The monoisotopic (exact) mass is 333 g/mol. The first-order chi connectivity index (χ1) is 10.8. The molecule has 0 atom stereocenters. The van der Waals surface area contributed by atoms with Gasteiger partial charge in [-0.25, -0.2) is 8.42 Å². The second-order valence-electron chi connectivity index (χ2n) is 5.07. The molecule has 0 aliphatic heterocycles. The highest BCUT2D eigenvalue weighted by Crippen LogP contribution is 2.13. The van der Waals surface area contributed by atoms with Gasteiger partial charge in [0.1, 0.15) is 5.76 Å². The molecular formula is C15H15N3O4S. The second-order valence-corrected chi connectivity index (χ2v) is 6.79. The number of aryl methyl sites for hydroxylation is 2. The van der Waals surface area contributed by atoms with E-state index >= 15 is 0 Å². The number of rotatable bonds is 5. The minimum absolute atomic E-state index is 0.117. The number of nitriles is 1. The molecule has 0 saturated heterocycles. The Morgan fingerprint density at radius 1 is 1.30 bits per heavy atom. The maximum atomic E-state index is 12.0. The summed E-state index contributed by atoms with van der Waals surface area (Å²) in [4.78, 5) is 11.9. The Balaban J connectivity index is 2.02. The molecule has 23 heavy (non-hydrogen) atoms. The van der Waals surface area contributed by atoms with Crippen molar-refractivity contribution in [3.05, 3.63) is 52.4 Å². The largest absolute Gasteiger partial charge is 0.361 e. The van der Waals surface area contributed by atoms with E-state index in [0.717, 1.165) is 0 Å². The van der Waals surface area contributed by atoms with Gasteiger partial charge in [0, 0.05) is 5.56 Å². The molecule has 0 bridgehead atoms. The van der Waals surface area contributed by atoms with Crippen LogP contribution in [0.3, 0.4) is 0 Å². The lowest BCUT2D eigenvalue weighted by molar-refractivity contribution is -0.118. The Morgan fingerprint density at radius 2 is 1.96 bits per heavy atom. The van der Waals surface area contributed by atoms with Gasteiger partial charge >= 0.3 is 0 Å². The van der Waals surface area contributed by atoms with Crippen molar-refractivity contribution in [2.75, 3.05) is 0 Å². The second kappa shape index (κ2) is 6.62. The SMILES string of the molecule is Cc1noc(C)c1CC(=O)NS(=O)(=O)Cc1ccc(C#N)cc1. The highest BCUT2D eigenvalue weighted by Gasteiger charge is 2.19. The number of hydrogen-bond donors (Lipinski definition) is 1. The third-order valence-electron chi connectivity index (χ3n) is 3.23. The summed E-state index contributed by atoms with van der Waals surface area (Å²) >= 11 is 0. The molecule has 2 rings (SSSR count). The van der Waals surface area contributed by atoms with Crippen LogP contribution >= 0.6 is 0 Å². The molecule has 0 aliphatic rings. The minimum atomic E-state index is -3.82. The highest BCUT2D eigenvalue weighted by atomic mass is 32.2. The molecular weight excluding hydrogens is 318 g/mol. The zero-order chi connectivity index (χ0) is 17.0. The normalized spacial score (nSPS) is 11.0. The van der Waals surface area contributed by atoms with Crippen molar-refractivity contribution in [2.24, 2.45) is 0 Å². The van der Waals surface area contributed by atoms with Gasteiger partial charge in [-0.2, -0.15) is 5.26 Å². The quantitative estimate of drug-likeness (QED) is 0.883. The number of benzene rings is 1. The predicted octanol–water partition coefficient (Wildman–Crippen LogP) is 1.35. The first-order valence-electron chi connectivity index (χ1n) is 6.75. The molecule has 7 nitrogen and oxygen atoms in total. The van der Waals surface area contributed by atoms with E-state index in [4.69, 9.17) is 9.78 Å². The van der Waals surface area contributed by atoms with Gasteiger partial charge in [-0.05, 0) is 31.5 Å². The third-order valence-corrected chi connectivity index (χ3v) is 4.48. The van der Waals surface area contributed by atoms with Crippen LogP contribution in [-0.2, 0) is 27.0 Å². The van der Waals surface area contributed by atoms with Crippen LogP contribution in [0.5, 0.6) is 0 Å². The number of amides is 1. The van der Waals surface area contributed by atoms with Crippen LogP contribution in [0.1, 0.15) is 28.1 Å². The van der Waals surface area contributed by atoms with Crippen LogP contribution in [0.25, 0.3) is 0 Å². The van der Waals surface area contributed by atoms with Gasteiger partial charge in [-0.15, -0.1) is 0 Å². The number of nitrogens with zero attached hydrogens (tertiary/aromatic N) is 2. The number of hydrogen-bond acceptors (Lipinski definition) is 6. The van der Waals surface area contributed by atoms with Gasteiger partial charge in [0.15, 0.2) is 0 Å². The summed E-state index contributed by atoms with van der Waals surface area (Å²) in [5, 5.41) is 12.4. The van der Waals surface area contributed by atoms with Crippen molar-refractivity contribution in [2.45, 2.75) is 26.0 Å². The Kier molecular flexibility index (Phi) is 4.81. The standard InChI is InChI=1S/C15H15N3O4S/c1-10-14(11(2)22-17-10)7-15(19)18-23(20,21)9-13-5-3-12(8-16)4-6-13/h3-6H,7,9H2,1-2H3,(H,18,19). The van der Waals surface area contributed by atoms with E-state index < -0.39 is 15.9 Å².